The number of rotatable bonds is 4. The zero-order chi connectivity index (χ0) is 19.8. The fourth-order valence-corrected chi connectivity index (χ4v) is 5.54. The first-order chi connectivity index (χ1) is 13.4. The van der Waals surface area contributed by atoms with E-state index < -0.39 is 5.82 Å². The van der Waals surface area contributed by atoms with Crippen LogP contribution in [0.1, 0.15) is 29.3 Å². The van der Waals surface area contributed by atoms with Crippen LogP contribution in [0.25, 0.3) is 10.2 Å². The highest BCUT2D eigenvalue weighted by Gasteiger charge is 2.23. The molecule has 0 saturated carbocycles. The number of benzene rings is 1. The number of H-pyrrole nitrogens is 1. The first-order valence-electron chi connectivity index (χ1n) is 9.14. The van der Waals surface area contributed by atoms with Crippen molar-refractivity contribution in [2.24, 2.45) is 5.92 Å². The Morgan fingerprint density at radius 2 is 2.29 bits per heavy atom. The quantitative estimate of drug-likeness (QED) is 0.491. The molecule has 1 aromatic carbocycles. The van der Waals surface area contributed by atoms with E-state index in [1.807, 2.05) is 0 Å². The molecule has 3 aromatic rings. The second-order valence-corrected chi connectivity index (χ2v) is 9.27. The number of nitrogens with one attached hydrogen (secondary N) is 2. The van der Waals surface area contributed by atoms with Gasteiger partial charge in [0, 0.05) is 4.88 Å². The number of anilines is 1. The second-order valence-electron chi connectivity index (χ2n) is 7.22. The molecule has 0 unspecified atom stereocenters. The molecule has 0 bridgehead atoms. The highest BCUT2D eigenvalue weighted by atomic mass is 32.2. The summed E-state index contributed by atoms with van der Waals surface area (Å²) in [5.74, 6) is -0.164. The molecule has 146 valence electrons. The molecule has 28 heavy (non-hydrogen) atoms. The number of aromatic nitrogens is 2. The first kappa shape index (κ1) is 19.1. The van der Waals surface area contributed by atoms with Crippen molar-refractivity contribution in [3.63, 3.8) is 0 Å². The van der Waals surface area contributed by atoms with Crippen LogP contribution in [0.4, 0.5) is 10.1 Å². The number of hydrogen-bond acceptors (Lipinski definition) is 5. The summed E-state index contributed by atoms with van der Waals surface area (Å²) in [7, 11) is 0. The van der Waals surface area contributed by atoms with Crippen LogP contribution in [0, 0.1) is 18.7 Å². The lowest BCUT2D eigenvalue weighted by atomic mass is 9.89. The van der Waals surface area contributed by atoms with E-state index in [0.29, 0.717) is 16.5 Å². The maximum atomic E-state index is 13.9. The van der Waals surface area contributed by atoms with Crippen molar-refractivity contribution in [1.82, 2.24) is 9.97 Å². The van der Waals surface area contributed by atoms with Gasteiger partial charge in [-0.2, -0.15) is 0 Å². The summed E-state index contributed by atoms with van der Waals surface area (Å²) >= 11 is 2.72. The number of thiophene rings is 1. The lowest BCUT2D eigenvalue weighted by Gasteiger charge is -2.17. The predicted molar refractivity (Wildman–Crippen MR) is 112 cm³/mol. The molecule has 0 spiro atoms. The van der Waals surface area contributed by atoms with Crippen molar-refractivity contribution in [3.8, 4) is 0 Å². The minimum absolute atomic E-state index is 0.0316. The number of aryl methyl sites for hydroxylation is 2. The highest BCUT2D eigenvalue weighted by molar-refractivity contribution is 7.99. The third-order valence-corrected chi connectivity index (χ3v) is 6.90. The van der Waals surface area contributed by atoms with Crippen LogP contribution in [0.3, 0.4) is 0 Å². The Morgan fingerprint density at radius 1 is 1.46 bits per heavy atom. The maximum absolute atomic E-state index is 13.9. The molecular weight excluding hydrogens is 397 g/mol. The van der Waals surface area contributed by atoms with Crippen molar-refractivity contribution >= 4 is 44.9 Å². The van der Waals surface area contributed by atoms with Crippen LogP contribution in [-0.4, -0.2) is 21.6 Å². The van der Waals surface area contributed by atoms with Gasteiger partial charge in [-0.3, -0.25) is 9.59 Å². The van der Waals surface area contributed by atoms with Crippen LogP contribution >= 0.6 is 23.1 Å². The number of hydrogen-bond donors (Lipinski definition) is 2. The van der Waals surface area contributed by atoms with E-state index in [4.69, 9.17) is 0 Å². The fraction of sp³-hybridized carbons (Fsp3) is 0.350. The van der Waals surface area contributed by atoms with Crippen molar-refractivity contribution < 1.29 is 9.18 Å². The molecule has 1 aliphatic rings. The Hall–Kier alpha value is -2.19. The molecule has 0 aliphatic heterocycles. The molecule has 2 aromatic heterocycles. The number of thioether (sulfide) groups is 1. The molecular formula is C20H20FN3O2S2. The van der Waals surface area contributed by atoms with Gasteiger partial charge in [0.2, 0.25) is 5.91 Å². The van der Waals surface area contributed by atoms with Gasteiger partial charge in [-0.15, -0.1) is 11.3 Å². The summed E-state index contributed by atoms with van der Waals surface area (Å²) in [5.41, 5.74) is 1.92. The summed E-state index contributed by atoms with van der Waals surface area (Å²) in [6.45, 7) is 4.01. The van der Waals surface area contributed by atoms with Gasteiger partial charge in [0.05, 0.1) is 16.8 Å². The van der Waals surface area contributed by atoms with Crippen LogP contribution in [0.5, 0.6) is 0 Å². The molecule has 2 N–H and O–H groups in total. The Balaban J connectivity index is 1.49. The Labute approximate surface area is 169 Å². The number of carbonyl (C=O) groups excluding carboxylic acids is 1. The third-order valence-electron chi connectivity index (χ3n) is 4.88. The van der Waals surface area contributed by atoms with Gasteiger partial charge in [-0.25, -0.2) is 9.37 Å². The third kappa shape index (κ3) is 3.84. The summed E-state index contributed by atoms with van der Waals surface area (Å²) in [4.78, 5) is 34.0. The Bertz CT molecular complexity index is 1120. The topological polar surface area (TPSA) is 74.8 Å². The minimum atomic E-state index is -0.468. The van der Waals surface area contributed by atoms with E-state index in [0.717, 1.165) is 47.0 Å². The SMILES string of the molecule is Cc1ccc(NC(=O)CSc2nc3sc4c(c3c(=O)[nH]2)CC[C@@H](C)C4)c(F)c1. The first-order valence-corrected chi connectivity index (χ1v) is 10.9. The number of fused-ring (bicyclic) bond motifs is 3. The van der Waals surface area contributed by atoms with Crippen LogP contribution in [0.15, 0.2) is 28.2 Å². The largest absolute Gasteiger partial charge is 0.323 e. The van der Waals surface area contributed by atoms with E-state index in [-0.39, 0.29) is 22.9 Å². The van der Waals surface area contributed by atoms with Gasteiger partial charge in [0.1, 0.15) is 10.6 Å². The van der Waals surface area contributed by atoms with Crippen molar-refractivity contribution in [2.45, 2.75) is 38.3 Å². The molecule has 1 aliphatic carbocycles. The van der Waals surface area contributed by atoms with Gasteiger partial charge in [-0.1, -0.05) is 24.8 Å². The van der Waals surface area contributed by atoms with Crippen molar-refractivity contribution in [3.05, 3.63) is 50.4 Å². The molecule has 0 saturated heterocycles. The zero-order valence-electron chi connectivity index (χ0n) is 15.6. The van der Waals surface area contributed by atoms with E-state index in [2.05, 4.69) is 22.2 Å². The smallest absolute Gasteiger partial charge is 0.260 e. The van der Waals surface area contributed by atoms with Gasteiger partial charge in [0.25, 0.3) is 5.56 Å². The summed E-state index contributed by atoms with van der Waals surface area (Å²) < 4.78 is 13.9. The molecule has 0 fully saturated rings. The van der Waals surface area contributed by atoms with E-state index >= 15 is 0 Å². The highest BCUT2D eigenvalue weighted by Crippen LogP contribution is 2.36. The molecule has 1 amide bonds. The minimum Gasteiger partial charge on any atom is -0.323 e. The lowest BCUT2D eigenvalue weighted by molar-refractivity contribution is -0.113. The van der Waals surface area contributed by atoms with E-state index in [1.54, 1.807) is 24.3 Å². The van der Waals surface area contributed by atoms with Gasteiger partial charge in [0.15, 0.2) is 5.16 Å². The fourth-order valence-electron chi connectivity index (χ4n) is 3.44. The number of halogens is 1. The normalized spacial score (nSPS) is 16.2. The predicted octanol–water partition coefficient (Wildman–Crippen LogP) is 4.29. The average molecular weight is 418 g/mol. The Morgan fingerprint density at radius 3 is 3.07 bits per heavy atom. The number of amides is 1. The summed E-state index contributed by atoms with van der Waals surface area (Å²) in [5, 5.41) is 3.65. The van der Waals surface area contributed by atoms with Crippen LogP contribution in [0.2, 0.25) is 0 Å². The molecule has 0 radical (unpaired) electrons. The van der Waals surface area contributed by atoms with Crippen LogP contribution < -0.4 is 10.9 Å². The number of carbonyl (C=O) groups is 1. The zero-order valence-corrected chi connectivity index (χ0v) is 17.2. The van der Waals surface area contributed by atoms with E-state index in [1.165, 1.54) is 17.0 Å². The van der Waals surface area contributed by atoms with Crippen molar-refractivity contribution in [1.29, 1.82) is 0 Å². The second kappa shape index (κ2) is 7.67. The van der Waals surface area contributed by atoms with Crippen LogP contribution in [-0.2, 0) is 17.6 Å². The average Bonchev–Trinajstić information content (AvgIpc) is 3.00. The van der Waals surface area contributed by atoms with Gasteiger partial charge in [-0.05, 0) is 55.4 Å². The molecule has 5 nitrogen and oxygen atoms in total. The number of aromatic amines is 1. The summed E-state index contributed by atoms with van der Waals surface area (Å²) in [6, 6.07) is 4.64. The Kier molecular flexibility index (Phi) is 5.25. The number of nitrogens with zero attached hydrogens (tertiary/aromatic N) is 1. The standard InChI is InChI=1S/C20H20FN3O2S2/c1-10-4-6-14(13(21)7-10)22-16(25)9-27-20-23-18(26)17-12-5-3-11(2)8-15(12)28-19(17)24-20/h4,6-7,11H,3,5,8-9H2,1-2H3,(H,22,25)(H,23,24,26)/t11-/m1/s1. The summed E-state index contributed by atoms with van der Waals surface area (Å²) in [6.07, 6.45) is 2.99. The lowest BCUT2D eigenvalue weighted by Crippen LogP contribution is -2.16. The molecule has 1 atom stereocenters. The van der Waals surface area contributed by atoms with E-state index in [9.17, 15) is 14.0 Å². The monoisotopic (exact) mass is 417 g/mol. The van der Waals surface area contributed by atoms with Gasteiger partial charge >= 0.3 is 0 Å². The molecule has 4 rings (SSSR count). The molecule has 2 heterocycles. The molecule has 8 heteroatoms. The van der Waals surface area contributed by atoms with Crippen molar-refractivity contribution in [2.75, 3.05) is 11.1 Å². The maximum Gasteiger partial charge on any atom is 0.260 e. The van der Waals surface area contributed by atoms with Gasteiger partial charge < -0.3 is 10.3 Å².